The molecule has 7 heteroatoms. The predicted molar refractivity (Wildman–Crippen MR) is 124 cm³/mol. The van der Waals surface area contributed by atoms with Crippen LogP contribution in [0.15, 0.2) is 83.0 Å². The first kappa shape index (κ1) is 22.9. The van der Waals surface area contributed by atoms with Crippen LogP contribution < -0.4 is 4.90 Å². The molecule has 0 unspecified atom stereocenters. The summed E-state index contributed by atoms with van der Waals surface area (Å²) in [6.45, 7) is 8.22. The number of piperazine rings is 1. The van der Waals surface area contributed by atoms with Gasteiger partial charge in [0.05, 0.1) is 16.0 Å². The van der Waals surface area contributed by atoms with E-state index in [9.17, 15) is 8.42 Å². The van der Waals surface area contributed by atoms with Crippen molar-refractivity contribution in [3.63, 3.8) is 0 Å². The van der Waals surface area contributed by atoms with Crippen molar-refractivity contribution in [2.75, 3.05) is 31.1 Å². The Morgan fingerprint density at radius 2 is 1.52 bits per heavy atom. The number of hydrogen-bond acceptors (Lipinski definition) is 6. The van der Waals surface area contributed by atoms with E-state index < -0.39 is 9.84 Å². The molecule has 0 N–H and O–H groups in total. The van der Waals surface area contributed by atoms with Crippen molar-refractivity contribution in [3.8, 4) is 0 Å². The van der Waals surface area contributed by atoms with Crippen LogP contribution in [-0.2, 0) is 16.4 Å². The van der Waals surface area contributed by atoms with Crippen LogP contribution in [0.1, 0.15) is 25.8 Å². The first-order valence-corrected chi connectivity index (χ1v) is 12.2. The lowest BCUT2D eigenvalue weighted by molar-refractivity contribution is 0.247. The Balaban J connectivity index is 0.000000858. The third-order valence-electron chi connectivity index (χ3n) is 4.96. The average Bonchev–Trinajstić information content (AvgIpc) is 2.81. The van der Waals surface area contributed by atoms with Gasteiger partial charge in [-0.2, -0.15) is 0 Å². The SMILES string of the molecule is CCC.O=S(=O)(c1ccccc1)c1ccccc1CN1CCN(c2cnccn2)CC1. The quantitative estimate of drug-likeness (QED) is 0.599. The van der Waals surface area contributed by atoms with E-state index in [4.69, 9.17) is 0 Å². The van der Waals surface area contributed by atoms with Gasteiger partial charge in [0.2, 0.25) is 9.84 Å². The summed E-state index contributed by atoms with van der Waals surface area (Å²) in [5.41, 5.74) is 0.833. The Kier molecular flexibility index (Phi) is 8.14. The maximum Gasteiger partial charge on any atom is 0.206 e. The van der Waals surface area contributed by atoms with Crippen molar-refractivity contribution in [2.24, 2.45) is 0 Å². The van der Waals surface area contributed by atoms with Crippen LogP contribution in [-0.4, -0.2) is 49.5 Å². The standard InChI is InChI=1S/C21H22N4O2S.C3H8/c26-28(27,19-7-2-1-3-8-19)20-9-5-4-6-18(20)17-24-12-14-25(15-13-24)21-16-22-10-11-23-21;1-3-2/h1-11,16H,12-15,17H2;3H2,1-2H3. The fourth-order valence-electron chi connectivity index (χ4n) is 3.45. The van der Waals surface area contributed by atoms with E-state index in [-0.39, 0.29) is 0 Å². The van der Waals surface area contributed by atoms with Gasteiger partial charge in [-0.15, -0.1) is 0 Å². The van der Waals surface area contributed by atoms with Gasteiger partial charge in [0.1, 0.15) is 5.82 Å². The van der Waals surface area contributed by atoms with Crippen molar-refractivity contribution in [1.82, 2.24) is 14.9 Å². The Morgan fingerprint density at radius 1 is 0.871 bits per heavy atom. The minimum Gasteiger partial charge on any atom is -0.353 e. The third-order valence-corrected chi connectivity index (χ3v) is 6.83. The maximum absolute atomic E-state index is 13.1. The number of aromatic nitrogens is 2. The van der Waals surface area contributed by atoms with Gasteiger partial charge in [-0.25, -0.2) is 13.4 Å². The van der Waals surface area contributed by atoms with E-state index in [0.29, 0.717) is 16.3 Å². The highest BCUT2D eigenvalue weighted by Gasteiger charge is 2.23. The lowest BCUT2D eigenvalue weighted by Crippen LogP contribution is -2.46. The molecule has 0 saturated carbocycles. The van der Waals surface area contributed by atoms with Crippen molar-refractivity contribution >= 4 is 15.7 Å². The van der Waals surface area contributed by atoms with Crippen molar-refractivity contribution in [2.45, 2.75) is 36.6 Å². The van der Waals surface area contributed by atoms with E-state index in [0.717, 1.165) is 37.6 Å². The molecule has 31 heavy (non-hydrogen) atoms. The molecule has 0 bridgehead atoms. The van der Waals surface area contributed by atoms with Crippen LogP contribution in [0.4, 0.5) is 5.82 Å². The molecule has 0 aliphatic carbocycles. The third kappa shape index (κ3) is 5.89. The predicted octanol–water partition coefficient (Wildman–Crippen LogP) is 4.05. The number of hydrogen-bond donors (Lipinski definition) is 0. The fraction of sp³-hybridized carbons (Fsp3) is 0.333. The van der Waals surface area contributed by atoms with Crippen LogP contribution >= 0.6 is 0 Å². The van der Waals surface area contributed by atoms with Crippen LogP contribution in [0.3, 0.4) is 0 Å². The summed E-state index contributed by atoms with van der Waals surface area (Å²) < 4.78 is 26.2. The molecular weight excluding hydrogens is 408 g/mol. The Bertz CT molecular complexity index is 1040. The molecule has 2 heterocycles. The molecular formula is C24H30N4O2S. The van der Waals surface area contributed by atoms with Crippen molar-refractivity contribution in [3.05, 3.63) is 78.8 Å². The van der Waals surface area contributed by atoms with Gasteiger partial charge in [-0.05, 0) is 23.8 Å². The highest BCUT2D eigenvalue weighted by atomic mass is 32.2. The second kappa shape index (κ2) is 11.0. The van der Waals surface area contributed by atoms with Gasteiger partial charge in [0.25, 0.3) is 0 Å². The van der Waals surface area contributed by atoms with Gasteiger partial charge >= 0.3 is 0 Å². The summed E-state index contributed by atoms with van der Waals surface area (Å²) in [4.78, 5) is 13.7. The second-order valence-corrected chi connectivity index (χ2v) is 9.38. The summed E-state index contributed by atoms with van der Waals surface area (Å²) in [5.74, 6) is 0.884. The van der Waals surface area contributed by atoms with Crippen molar-refractivity contribution in [1.29, 1.82) is 0 Å². The van der Waals surface area contributed by atoms with Crippen LogP contribution in [0.2, 0.25) is 0 Å². The van der Waals surface area contributed by atoms with Gasteiger partial charge in [-0.3, -0.25) is 9.88 Å². The van der Waals surface area contributed by atoms with Gasteiger partial charge < -0.3 is 4.90 Å². The molecule has 1 aliphatic rings. The zero-order valence-electron chi connectivity index (χ0n) is 18.2. The molecule has 0 amide bonds. The van der Waals surface area contributed by atoms with E-state index in [1.807, 2.05) is 18.2 Å². The Labute approximate surface area is 185 Å². The average molecular weight is 439 g/mol. The Hall–Kier alpha value is -2.77. The normalized spacial score (nSPS) is 14.6. The van der Waals surface area contributed by atoms with E-state index >= 15 is 0 Å². The number of anilines is 1. The minimum absolute atomic E-state index is 0.329. The summed E-state index contributed by atoms with van der Waals surface area (Å²) in [7, 11) is -3.53. The lowest BCUT2D eigenvalue weighted by atomic mass is 10.2. The number of benzene rings is 2. The monoisotopic (exact) mass is 438 g/mol. The molecule has 1 saturated heterocycles. The molecule has 4 rings (SSSR count). The summed E-state index contributed by atoms with van der Waals surface area (Å²) in [6.07, 6.45) is 6.40. The van der Waals surface area contributed by atoms with Crippen molar-refractivity contribution < 1.29 is 8.42 Å². The lowest BCUT2D eigenvalue weighted by Gasteiger charge is -2.35. The topological polar surface area (TPSA) is 66.4 Å². The van der Waals surface area contributed by atoms with Crippen LogP contribution in [0.5, 0.6) is 0 Å². The van der Waals surface area contributed by atoms with E-state index in [2.05, 4.69) is 33.6 Å². The summed E-state index contributed by atoms with van der Waals surface area (Å²) >= 11 is 0. The number of nitrogens with zero attached hydrogens (tertiary/aromatic N) is 4. The maximum atomic E-state index is 13.1. The van der Waals surface area contributed by atoms with Crippen LogP contribution in [0, 0.1) is 0 Å². The molecule has 0 atom stereocenters. The van der Waals surface area contributed by atoms with E-state index in [1.54, 1.807) is 55.0 Å². The highest BCUT2D eigenvalue weighted by molar-refractivity contribution is 7.91. The fourth-order valence-corrected chi connectivity index (χ4v) is 4.96. The number of sulfone groups is 1. The summed E-state index contributed by atoms with van der Waals surface area (Å²) in [5, 5.41) is 0. The Morgan fingerprint density at radius 3 is 2.16 bits per heavy atom. The molecule has 0 radical (unpaired) electrons. The molecule has 164 valence electrons. The zero-order valence-corrected chi connectivity index (χ0v) is 19.0. The molecule has 0 spiro atoms. The smallest absolute Gasteiger partial charge is 0.206 e. The molecule has 3 aromatic rings. The highest BCUT2D eigenvalue weighted by Crippen LogP contribution is 2.25. The van der Waals surface area contributed by atoms with Gasteiger partial charge in [-0.1, -0.05) is 56.7 Å². The van der Waals surface area contributed by atoms with Crippen LogP contribution in [0.25, 0.3) is 0 Å². The molecule has 1 aromatic heterocycles. The largest absolute Gasteiger partial charge is 0.353 e. The summed E-state index contributed by atoms with van der Waals surface area (Å²) in [6, 6.07) is 15.9. The number of rotatable bonds is 5. The first-order chi connectivity index (χ1) is 15.1. The van der Waals surface area contributed by atoms with Gasteiger partial charge in [0.15, 0.2) is 0 Å². The second-order valence-electron chi connectivity index (χ2n) is 7.46. The molecule has 2 aromatic carbocycles. The molecule has 1 fully saturated rings. The first-order valence-electron chi connectivity index (χ1n) is 10.7. The van der Waals surface area contributed by atoms with Gasteiger partial charge in [0, 0.05) is 45.1 Å². The minimum atomic E-state index is -3.53. The molecule has 6 nitrogen and oxygen atoms in total. The van der Waals surface area contributed by atoms with E-state index in [1.165, 1.54) is 6.42 Å². The zero-order chi connectivity index (χ0) is 22.1. The molecule has 1 aliphatic heterocycles.